The first-order valence-electron chi connectivity index (χ1n) is 5.80. The third kappa shape index (κ3) is 2.27. The smallest absolute Gasteiger partial charge is 0.236 e. The van der Waals surface area contributed by atoms with Crippen molar-refractivity contribution in [2.75, 3.05) is 6.61 Å². The van der Waals surface area contributed by atoms with Crippen molar-refractivity contribution in [1.82, 2.24) is 5.32 Å². The van der Waals surface area contributed by atoms with E-state index in [1.54, 1.807) is 24.3 Å². The Morgan fingerprint density at radius 1 is 1.28 bits per heavy atom. The van der Waals surface area contributed by atoms with Gasteiger partial charge in [0.1, 0.15) is 0 Å². The Balaban J connectivity index is 2.42. The van der Waals surface area contributed by atoms with Crippen LogP contribution in [0.25, 0.3) is 0 Å². The van der Waals surface area contributed by atoms with Gasteiger partial charge in [-0.15, -0.1) is 0 Å². The molecule has 0 amide bonds. The molecule has 5 heteroatoms. The first-order chi connectivity index (χ1) is 8.16. The summed E-state index contributed by atoms with van der Waals surface area (Å²) in [7, 11) is 0. The van der Waals surface area contributed by atoms with Crippen molar-refractivity contribution in [3.63, 3.8) is 0 Å². The molecule has 1 saturated heterocycles. The predicted molar refractivity (Wildman–Crippen MR) is 69.1 cm³/mol. The molecule has 1 aromatic rings. The lowest BCUT2D eigenvalue weighted by Crippen LogP contribution is -2.71. The molecular weight excluding hydrogens is 254 g/mol. The number of aliphatic hydroxyl groups is 2. The molecule has 4 nitrogen and oxygen atoms in total. The minimum atomic E-state index is -1.83. The Labute approximate surface area is 112 Å². The van der Waals surface area contributed by atoms with Crippen LogP contribution in [0, 0.1) is 0 Å². The molecule has 1 heterocycles. The van der Waals surface area contributed by atoms with Crippen LogP contribution in [0.5, 0.6) is 0 Å². The summed E-state index contributed by atoms with van der Waals surface area (Å²) in [6.45, 7) is 5.53. The first-order valence-corrected chi connectivity index (χ1v) is 6.18. The molecule has 3 N–H and O–H groups in total. The number of halogens is 1. The van der Waals surface area contributed by atoms with E-state index < -0.39 is 17.1 Å². The largest absolute Gasteiger partial charge is 0.370 e. The predicted octanol–water partition coefficient (Wildman–Crippen LogP) is 1.59. The quantitative estimate of drug-likeness (QED) is 0.726. The Morgan fingerprint density at radius 3 is 2.50 bits per heavy atom. The van der Waals surface area contributed by atoms with Gasteiger partial charge in [-0.25, -0.2) is 0 Å². The molecule has 18 heavy (non-hydrogen) atoms. The van der Waals surface area contributed by atoms with E-state index in [1.807, 2.05) is 13.8 Å². The average Bonchev–Trinajstić information content (AvgIpc) is 2.23. The SMILES string of the molecule is CC1(C)CO[C@](O)(c2cccc(Cl)c2)[C@@](C)(O)N1. The molecule has 2 atom stereocenters. The van der Waals surface area contributed by atoms with Crippen molar-refractivity contribution in [3.05, 3.63) is 34.9 Å². The second-order valence-corrected chi connectivity index (χ2v) is 5.96. The highest BCUT2D eigenvalue weighted by atomic mass is 35.5. The number of hydrogen-bond acceptors (Lipinski definition) is 4. The van der Waals surface area contributed by atoms with Gasteiger partial charge in [-0.3, -0.25) is 5.32 Å². The summed E-state index contributed by atoms with van der Waals surface area (Å²) in [5.41, 5.74) is -1.61. The van der Waals surface area contributed by atoms with Gasteiger partial charge in [0, 0.05) is 16.1 Å². The summed E-state index contributed by atoms with van der Waals surface area (Å²) in [5.74, 6) is -1.83. The standard InChI is InChI=1S/C13H18ClNO3/c1-11(2)8-18-13(17,12(3,16)15-11)9-5-4-6-10(14)7-9/h4-7,15-17H,8H2,1-3H3/t12-,13-/m1/s1. The van der Waals surface area contributed by atoms with Crippen LogP contribution in [0.4, 0.5) is 0 Å². The summed E-state index contributed by atoms with van der Waals surface area (Å²) < 4.78 is 5.52. The number of morpholine rings is 1. The second kappa shape index (κ2) is 4.18. The molecule has 1 aliphatic heterocycles. The van der Waals surface area contributed by atoms with Crippen LogP contribution in [-0.4, -0.2) is 28.1 Å². The van der Waals surface area contributed by atoms with Gasteiger partial charge in [-0.2, -0.15) is 0 Å². The van der Waals surface area contributed by atoms with Gasteiger partial charge in [-0.05, 0) is 32.9 Å². The molecule has 1 aliphatic rings. The van der Waals surface area contributed by atoms with Crippen molar-refractivity contribution in [1.29, 1.82) is 0 Å². The first kappa shape index (κ1) is 13.8. The van der Waals surface area contributed by atoms with E-state index >= 15 is 0 Å². The van der Waals surface area contributed by atoms with Crippen LogP contribution in [0.2, 0.25) is 5.02 Å². The van der Waals surface area contributed by atoms with E-state index in [0.717, 1.165) is 0 Å². The third-order valence-electron chi connectivity index (χ3n) is 3.10. The maximum atomic E-state index is 10.6. The minimum Gasteiger partial charge on any atom is -0.370 e. The number of hydrogen-bond donors (Lipinski definition) is 3. The fourth-order valence-electron chi connectivity index (χ4n) is 2.27. The zero-order chi connectivity index (χ0) is 13.6. The summed E-state index contributed by atoms with van der Waals surface area (Å²) in [6.07, 6.45) is 0. The van der Waals surface area contributed by atoms with Crippen molar-refractivity contribution in [2.24, 2.45) is 0 Å². The van der Waals surface area contributed by atoms with Gasteiger partial charge < -0.3 is 14.9 Å². The molecule has 1 fully saturated rings. The highest BCUT2D eigenvalue weighted by molar-refractivity contribution is 6.30. The fourth-order valence-corrected chi connectivity index (χ4v) is 2.46. The number of ether oxygens (including phenoxy) is 1. The molecule has 0 saturated carbocycles. The number of benzene rings is 1. The molecule has 0 aliphatic carbocycles. The van der Waals surface area contributed by atoms with E-state index in [1.165, 1.54) is 6.92 Å². The molecule has 0 aromatic heterocycles. The van der Waals surface area contributed by atoms with Crippen molar-refractivity contribution >= 4 is 11.6 Å². The molecule has 0 unspecified atom stereocenters. The zero-order valence-electron chi connectivity index (χ0n) is 10.7. The fraction of sp³-hybridized carbons (Fsp3) is 0.538. The van der Waals surface area contributed by atoms with E-state index in [0.29, 0.717) is 10.6 Å². The Bertz CT molecular complexity index is 461. The number of rotatable bonds is 1. The second-order valence-electron chi connectivity index (χ2n) is 5.52. The van der Waals surface area contributed by atoms with Crippen LogP contribution in [0.15, 0.2) is 24.3 Å². The van der Waals surface area contributed by atoms with E-state index in [4.69, 9.17) is 16.3 Å². The summed E-state index contributed by atoms with van der Waals surface area (Å²) >= 11 is 5.91. The Hall–Kier alpha value is -0.650. The minimum absolute atomic E-state index is 0.270. The molecule has 100 valence electrons. The lowest BCUT2D eigenvalue weighted by atomic mass is 9.89. The van der Waals surface area contributed by atoms with Crippen molar-refractivity contribution in [3.8, 4) is 0 Å². The Kier molecular flexibility index (Phi) is 3.20. The molecule has 2 rings (SSSR count). The van der Waals surface area contributed by atoms with Crippen LogP contribution >= 0.6 is 11.6 Å². The monoisotopic (exact) mass is 271 g/mol. The number of nitrogens with one attached hydrogen (secondary N) is 1. The van der Waals surface area contributed by atoms with E-state index in [9.17, 15) is 10.2 Å². The third-order valence-corrected chi connectivity index (χ3v) is 3.33. The van der Waals surface area contributed by atoms with Gasteiger partial charge in [0.25, 0.3) is 0 Å². The van der Waals surface area contributed by atoms with Crippen molar-refractivity contribution < 1.29 is 14.9 Å². The molecule has 0 bridgehead atoms. The molecule has 0 spiro atoms. The van der Waals surface area contributed by atoms with Gasteiger partial charge >= 0.3 is 0 Å². The van der Waals surface area contributed by atoms with Crippen LogP contribution < -0.4 is 5.32 Å². The maximum absolute atomic E-state index is 10.6. The zero-order valence-corrected chi connectivity index (χ0v) is 11.5. The van der Waals surface area contributed by atoms with Gasteiger partial charge in [-0.1, -0.05) is 23.7 Å². The van der Waals surface area contributed by atoms with Crippen LogP contribution in [-0.2, 0) is 10.5 Å². The van der Waals surface area contributed by atoms with Gasteiger partial charge in [0.05, 0.1) is 6.61 Å². The molecular formula is C13H18ClNO3. The lowest BCUT2D eigenvalue weighted by molar-refractivity contribution is -0.349. The van der Waals surface area contributed by atoms with Gasteiger partial charge in [0.15, 0.2) is 5.72 Å². The highest BCUT2D eigenvalue weighted by Gasteiger charge is 2.55. The topological polar surface area (TPSA) is 61.7 Å². The molecule has 1 aromatic carbocycles. The van der Waals surface area contributed by atoms with Crippen molar-refractivity contribution in [2.45, 2.75) is 37.8 Å². The molecule has 0 radical (unpaired) electrons. The van der Waals surface area contributed by atoms with E-state index in [-0.39, 0.29) is 6.61 Å². The maximum Gasteiger partial charge on any atom is 0.236 e. The summed E-state index contributed by atoms with van der Waals surface area (Å²) in [6, 6.07) is 6.65. The highest BCUT2D eigenvalue weighted by Crippen LogP contribution is 2.38. The summed E-state index contributed by atoms with van der Waals surface area (Å²) in [4.78, 5) is 0. The Morgan fingerprint density at radius 2 is 1.94 bits per heavy atom. The lowest BCUT2D eigenvalue weighted by Gasteiger charge is -2.51. The van der Waals surface area contributed by atoms with E-state index in [2.05, 4.69) is 5.32 Å². The van der Waals surface area contributed by atoms with Gasteiger partial charge in [0.2, 0.25) is 5.79 Å². The normalized spacial score (nSPS) is 35.4. The van der Waals surface area contributed by atoms with Crippen LogP contribution in [0.3, 0.4) is 0 Å². The average molecular weight is 272 g/mol. The van der Waals surface area contributed by atoms with Crippen LogP contribution in [0.1, 0.15) is 26.3 Å². The summed E-state index contributed by atoms with van der Waals surface area (Å²) in [5, 5.41) is 24.5.